The number of benzene rings is 2. The van der Waals surface area contributed by atoms with Crippen LogP contribution in [0.4, 0.5) is 0 Å². The molecule has 1 amide bonds. The van der Waals surface area contributed by atoms with Crippen LogP contribution in [0.25, 0.3) is 17.0 Å². The quantitative estimate of drug-likeness (QED) is 0.704. The summed E-state index contributed by atoms with van der Waals surface area (Å²) < 4.78 is 0. The number of carbonyl (C=O) groups excluding carboxylic acids is 1. The van der Waals surface area contributed by atoms with Crippen molar-refractivity contribution >= 4 is 22.9 Å². The normalized spacial score (nSPS) is 12.4. The molecule has 0 spiro atoms. The summed E-state index contributed by atoms with van der Waals surface area (Å²) in [6, 6.07) is 19.3. The van der Waals surface area contributed by atoms with E-state index in [1.54, 1.807) is 6.08 Å². The first-order chi connectivity index (χ1) is 12.1. The number of aliphatic hydroxyl groups excluding tert-OH is 1. The first-order valence-electron chi connectivity index (χ1n) is 8.19. The average Bonchev–Trinajstić information content (AvgIpc) is 2.64. The van der Waals surface area contributed by atoms with Crippen LogP contribution in [0.2, 0.25) is 0 Å². The molecule has 0 aliphatic carbocycles. The molecule has 1 heterocycles. The lowest BCUT2D eigenvalue weighted by Gasteiger charge is -2.13. The maximum absolute atomic E-state index is 12.0. The van der Waals surface area contributed by atoms with Gasteiger partial charge in [-0.25, -0.2) is 4.98 Å². The molecule has 0 bridgehead atoms. The van der Waals surface area contributed by atoms with Crippen molar-refractivity contribution in [3.8, 4) is 0 Å². The second-order valence-electron chi connectivity index (χ2n) is 5.88. The number of pyridine rings is 1. The maximum atomic E-state index is 12.0. The maximum Gasteiger partial charge on any atom is 0.244 e. The van der Waals surface area contributed by atoms with Crippen LogP contribution in [0, 0.1) is 6.92 Å². The zero-order valence-electron chi connectivity index (χ0n) is 14.0. The highest BCUT2D eigenvalue weighted by atomic mass is 16.3. The van der Waals surface area contributed by atoms with Crippen LogP contribution in [0.1, 0.15) is 22.9 Å². The van der Waals surface area contributed by atoms with Crippen molar-refractivity contribution in [2.24, 2.45) is 0 Å². The van der Waals surface area contributed by atoms with E-state index in [0.29, 0.717) is 5.69 Å². The summed E-state index contributed by atoms with van der Waals surface area (Å²) in [5.74, 6) is -0.261. The van der Waals surface area contributed by atoms with E-state index in [1.807, 2.05) is 67.6 Å². The Labute approximate surface area is 146 Å². The van der Waals surface area contributed by atoms with Crippen LogP contribution in [-0.4, -0.2) is 22.5 Å². The number of carbonyl (C=O) groups is 1. The summed E-state index contributed by atoms with van der Waals surface area (Å²) in [7, 11) is 0. The molecule has 0 saturated heterocycles. The molecule has 25 heavy (non-hydrogen) atoms. The molecule has 3 rings (SSSR count). The van der Waals surface area contributed by atoms with Gasteiger partial charge in [0.15, 0.2) is 0 Å². The molecule has 0 saturated carbocycles. The van der Waals surface area contributed by atoms with Gasteiger partial charge in [0, 0.05) is 18.0 Å². The van der Waals surface area contributed by atoms with Crippen molar-refractivity contribution in [2.75, 3.05) is 6.54 Å². The number of rotatable bonds is 5. The Kier molecular flexibility index (Phi) is 5.21. The number of aliphatic hydroxyl groups is 1. The third kappa shape index (κ3) is 4.31. The first kappa shape index (κ1) is 16.9. The fourth-order valence-corrected chi connectivity index (χ4v) is 2.66. The minimum atomic E-state index is -0.725. The zero-order chi connectivity index (χ0) is 17.6. The van der Waals surface area contributed by atoms with Crippen LogP contribution in [0.5, 0.6) is 0 Å². The Morgan fingerprint density at radius 3 is 2.72 bits per heavy atom. The lowest BCUT2D eigenvalue weighted by Crippen LogP contribution is -2.27. The average molecular weight is 332 g/mol. The fourth-order valence-electron chi connectivity index (χ4n) is 2.66. The van der Waals surface area contributed by atoms with Gasteiger partial charge in [-0.05, 0) is 36.3 Å². The highest BCUT2D eigenvalue weighted by Gasteiger charge is 2.10. The molecule has 126 valence electrons. The standard InChI is InChI=1S/C21H20N2O2/c1-15-6-2-4-8-18(15)20(24)14-22-21(25)13-12-17-11-10-16-7-3-5-9-19(16)23-17/h2-13,20,24H,14H2,1H3,(H,22,25)/b13-12+. The lowest BCUT2D eigenvalue weighted by atomic mass is 10.0. The number of nitrogens with one attached hydrogen (secondary N) is 1. The molecule has 0 radical (unpaired) electrons. The molecule has 0 aliphatic rings. The molecule has 4 heteroatoms. The lowest BCUT2D eigenvalue weighted by molar-refractivity contribution is -0.116. The Morgan fingerprint density at radius 1 is 1.12 bits per heavy atom. The van der Waals surface area contributed by atoms with Crippen molar-refractivity contribution in [1.82, 2.24) is 10.3 Å². The van der Waals surface area contributed by atoms with Gasteiger partial charge in [-0.2, -0.15) is 0 Å². The van der Waals surface area contributed by atoms with Gasteiger partial charge in [0.1, 0.15) is 0 Å². The molecule has 4 nitrogen and oxygen atoms in total. The summed E-state index contributed by atoms with van der Waals surface area (Å²) >= 11 is 0. The second-order valence-corrected chi connectivity index (χ2v) is 5.88. The first-order valence-corrected chi connectivity index (χ1v) is 8.19. The van der Waals surface area contributed by atoms with Gasteiger partial charge >= 0.3 is 0 Å². The molecule has 2 aromatic carbocycles. The Hall–Kier alpha value is -2.98. The van der Waals surface area contributed by atoms with Crippen LogP contribution in [0.3, 0.4) is 0 Å². The summed E-state index contributed by atoms with van der Waals surface area (Å²) in [5, 5.41) is 14.0. The van der Waals surface area contributed by atoms with E-state index in [4.69, 9.17) is 0 Å². The summed E-state index contributed by atoms with van der Waals surface area (Å²) in [6.07, 6.45) is 2.38. The molecule has 2 N–H and O–H groups in total. The minimum Gasteiger partial charge on any atom is -0.387 e. The number of nitrogens with zero attached hydrogens (tertiary/aromatic N) is 1. The number of amides is 1. The highest BCUT2D eigenvalue weighted by molar-refractivity contribution is 5.91. The van der Waals surface area contributed by atoms with E-state index in [9.17, 15) is 9.90 Å². The van der Waals surface area contributed by atoms with E-state index < -0.39 is 6.10 Å². The van der Waals surface area contributed by atoms with Crippen molar-refractivity contribution in [3.05, 3.63) is 83.6 Å². The van der Waals surface area contributed by atoms with Crippen molar-refractivity contribution < 1.29 is 9.90 Å². The summed E-state index contributed by atoms with van der Waals surface area (Å²) in [5.41, 5.74) is 3.43. The van der Waals surface area contributed by atoms with Gasteiger partial charge in [0.25, 0.3) is 0 Å². The number of aryl methyl sites for hydroxylation is 1. The zero-order valence-corrected chi connectivity index (χ0v) is 14.0. The molecule has 1 aromatic heterocycles. The van der Waals surface area contributed by atoms with E-state index >= 15 is 0 Å². The van der Waals surface area contributed by atoms with E-state index in [0.717, 1.165) is 22.0 Å². The summed E-state index contributed by atoms with van der Waals surface area (Å²) in [6.45, 7) is 2.10. The predicted molar refractivity (Wildman–Crippen MR) is 99.9 cm³/mol. The van der Waals surface area contributed by atoms with Gasteiger partial charge in [0.05, 0.1) is 17.3 Å². The topological polar surface area (TPSA) is 62.2 Å². The smallest absolute Gasteiger partial charge is 0.244 e. The van der Waals surface area contributed by atoms with Crippen molar-refractivity contribution in [1.29, 1.82) is 0 Å². The van der Waals surface area contributed by atoms with Crippen molar-refractivity contribution in [3.63, 3.8) is 0 Å². The Morgan fingerprint density at radius 2 is 1.88 bits per heavy atom. The fraction of sp³-hybridized carbons (Fsp3) is 0.143. The Bertz CT molecular complexity index is 918. The molecule has 1 unspecified atom stereocenters. The third-order valence-electron chi connectivity index (χ3n) is 4.04. The molecule has 0 fully saturated rings. The number of para-hydroxylation sites is 1. The van der Waals surface area contributed by atoms with E-state index in [-0.39, 0.29) is 12.5 Å². The largest absolute Gasteiger partial charge is 0.387 e. The number of hydrogen-bond acceptors (Lipinski definition) is 3. The van der Waals surface area contributed by atoms with Gasteiger partial charge < -0.3 is 10.4 Å². The Balaban J connectivity index is 1.59. The molecule has 0 aliphatic heterocycles. The SMILES string of the molecule is Cc1ccccc1C(O)CNC(=O)/C=C/c1ccc2ccccc2n1. The molecular weight excluding hydrogens is 312 g/mol. The van der Waals surface area contributed by atoms with Crippen LogP contribution in [0.15, 0.2) is 66.7 Å². The number of hydrogen-bond donors (Lipinski definition) is 2. The van der Waals surface area contributed by atoms with Crippen LogP contribution >= 0.6 is 0 Å². The van der Waals surface area contributed by atoms with Gasteiger partial charge in [0.2, 0.25) is 5.91 Å². The third-order valence-corrected chi connectivity index (χ3v) is 4.04. The number of fused-ring (bicyclic) bond motifs is 1. The molecular formula is C21H20N2O2. The van der Waals surface area contributed by atoms with Gasteiger partial charge in [-0.15, -0.1) is 0 Å². The van der Waals surface area contributed by atoms with Crippen molar-refractivity contribution in [2.45, 2.75) is 13.0 Å². The van der Waals surface area contributed by atoms with Gasteiger partial charge in [-0.1, -0.05) is 48.5 Å². The van der Waals surface area contributed by atoms with E-state index in [2.05, 4.69) is 10.3 Å². The molecule has 3 aromatic rings. The minimum absolute atomic E-state index is 0.166. The van der Waals surface area contributed by atoms with Crippen LogP contribution in [-0.2, 0) is 4.79 Å². The highest BCUT2D eigenvalue weighted by Crippen LogP contribution is 2.16. The molecule has 1 atom stereocenters. The summed E-state index contributed by atoms with van der Waals surface area (Å²) in [4.78, 5) is 16.4. The van der Waals surface area contributed by atoms with E-state index in [1.165, 1.54) is 6.08 Å². The number of aromatic nitrogens is 1. The monoisotopic (exact) mass is 332 g/mol. The van der Waals surface area contributed by atoms with Crippen LogP contribution < -0.4 is 5.32 Å². The van der Waals surface area contributed by atoms with Gasteiger partial charge in [-0.3, -0.25) is 4.79 Å². The predicted octanol–water partition coefficient (Wildman–Crippen LogP) is 3.41. The second kappa shape index (κ2) is 7.73.